The number of carbonyl (C=O) groups is 2. The van der Waals surface area contributed by atoms with Crippen molar-refractivity contribution in [3.05, 3.63) is 77.1 Å². The zero-order valence-corrected chi connectivity index (χ0v) is 21.4. The molecule has 2 amide bonds. The molecule has 0 spiro atoms. The molecule has 37 heavy (non-hydrogen) atoms. The van der Waals surface area contributed by atoms with Crippen LogP contribution in [0.3, 0.4) is 0 Å². The van der Waals surface area contributed by atoms with E-state index in [0.717, 1.165) is 22.4 Å². The van der Waals surface area contributed by atoms with Gasteiger partial charge in [0.25, 0.3) is 5.91 Å². The third kappa shape index (κ3) is 6.56. The number of aromatic nitrogens is 2. The van der Waals surface area contributed by atoms with E-state index in [-0.39, 0.29) is 11.8 Å². The van der Waals surface area contributed by atoms with Crippen LogP contribution in [0.25, 0.3) is 6.08 Å². The van der Waals surface area contributed by atoms with Crippen LogP contribution in [0.1, 0.15) is 34.1 Å². The topological polar surface area (TPSA) is 94.9 Å². The molecule has 194 valence electrons. The molecule has 1 N–H and O–H groups in total. The number of hydrogen-bond acceptors (Lipinski definition) is 6. The van der Waals surface area contributed by atoms with Crippen LogP contribution in [-0.4, -0.2) is 59.9 Å². The molecule has 2 heterocycles. The minimum absolute atomic E-state index is 0.171. The number of anilines is 1. The molecule has 1 aromatic heterocycles. The number of hydrogen-bond donors (Lipinski definition) is 1. The van der Waals surface area contributed by atoms with Gasteiger partial charge < -0.3 is 24.4 Å². The van der Waals surface area contributed by atoms with Gasteiger partial charge in [0.1, 0.15) is 23.8 Å². The molecule has 3 aromatic rings. The van der Waals surface area contributed by atoms with E-state index in [2.05, 4.69) is 10.4 Å². The Kier molecular flexibility index (Phi) is 8.58. The number of nitrogens with zero attached hydrogens (tertiary/aromatic N) is 3. The summed E-state index contributed by atoms with van der Waals surface area (Å²) in [5.41, 5.74) is 3.58. The summed E-state index contributed by atoms with van der Waals surface area (Å²) in [4.78, 5) is 27.6. The maximum atomic E-state index is 13.1. The molecule has 2 aromatic carbocycles. The predicted octanol–water partition coefficient (Wildman–Crippen LogP) is 3.92. The molecular weight excluding hydrogens is 472 g/mol. The third-order valence-electron chi connectivity index (χ3n) is 6.04. The third-order valence-corrected chi connectivity index (χ3v) is 6.04. The minimum Gasteiger partial charge on any atom is -0.496 e. The number of carbonyl (C=O) groups excluding carboxylic acids is 2. The highest BCUT2D eigenvalue weighted by Crippen LogP contribution is 2.24. The summed E-state index contributed by atoms with van der Waals surface area (Å²) in [5, 5.41) is 7.08. The summed E-state index contributed by atoms with van der Waals surface area (Å²) in [5.74, 6) is 0.935. The second-order valence-electron chi connectivity index (χ2n) is 8.62. The SMILES string of the molecule is CCn1ncc(NC(=O)/C=C/c2ccc(OC)c(COc3ccc(C)cc3)c2)c1C(=O)N1CCOCC1. The molecule has 0 saturated carbocycles. The lowest BCUT2D eigenvalue weighted by Crippen LogP contribution is -2.41. The van der Waals surface area contributed by atoms with Crippen molar-refractivity contribution in [2.45, 2.75) is 27.0 Å². The van der Waals surface area contributed by atoms with Gasteiger partial charge in [0, 0.05) is 31.3 Å². The average molecular weight is 505 g/mol. The number of benzene rings is 2. The van der Waals surface area contributed by atoms with Crippen molar-refractivity contribution in [3.63, 3.8) is 0 Å². The molecule has 0 unspecified atom stereocenters. The first-order valence-corrected chi connectivity index (χ1v) is 12.3. The Bertz CT molecular complexity index is 1260. The van der Waals surface area contributed by atoms with Crippen molar-refractivity contribution >= 4 is 23.6 Å². The fourth-order valence-corrected chi connectivity index (χ4v) is 4.02. The van der Waals surface area contributed by atoms with E-state index in [1.54, 1.807) is 22.8 Å². The van der Waals surface area contributed by atoms with E-state index in [4.69, 9.17) is 14.2 Å². The van der Waals surface area contributed by atoms with Crippen molar-refractivity contribution in [3.8, 4) is 11.5 Å². The Balaban J connectivity index is 1.44. The number of rotatable bonds is 9. The summed E-state index contributed by atoms with van der Waals surface area (Å²) >= 11 is 0. The Hall–Kier alpha value is -4.11. The van der Waals surface area contributed by atoms with Gasteiger partial charge in [-0.3, -0.25) is 14.3 Å². The summed E-state index contributed by atoms with van der Waals surface area (Å²) < 4.78 is 18.3. The molecule has 4 rings (SSSR count). The first-order valence-electron chi connectivity index (χ1n) is 12.3. The molecule has 9 nitrogen and oxygen atoms in total. The lowest BCUT2D eigenvalue weighted by Gasteiger charge is -2.27. The van der Waals surface area contributed by atoms with Gasteiger partial charge in [0.05, 0.1) is 32.2 Å². The number of methoxy groups -OCH3 is 1. The van der Waals surface area contributed by atoms with Gasteiger partial charge in [-0.15, -0.1) is 0 Å². The highest BCUT2D eigenvalue weighted by molar-refractivity contribution is 6.06. The van der Waals surface area contributed by atoms with Crippen molar-refractivity contribution in [2.75, 3.05) is 38.7 Å². The fraction of sp³-hybridized carbons (Fsp3) is 0.321. The molecule has 1 fully saturated rings. The van der Waals surface area contributed by atoms with Crippen LogP contribution in [0.2, 0.25) is 0 Å². The van der Waals surface area contributed by atoms with Gasteiger partial charge in [-0.05, 0) is 49.8 Å². The van der Waals surface area contributed by atoms with Crippen LogP contribution < -0.4 is 14.8 Å². The Morgan fingerprint density at radius 1 is 1.14 bits per heavy atom. The van der Waals surface area contributed by atoms with E-state index in [9.17, 15) is 9.59 Å². The largest absolute Gasteiger partial charge is 0.496 e. The van der Waals surface area contributed by atoms with E-state index < -0.39 is 0 Å². The van der Waals surface area contributed by atoms with Crippen LogP contribution in [0.15, 0.2) is 54.7 Å². The highest BCUT2D eigenvalue weighted by atomic mass is 16.5. The van der Waals surface area contributed by atoms with Crippen molar-refractivity contribution in [1.29, 1.82) is 0 Å². The molecular formula is C28H32N4O5. The van der Waals surface area contributed by atoms with Gasteiger partial charge in [0.15, 0.2) is 0 Å². The zero-order chi connectivity index (χ0) is 26.2. The summed E-state index contributed by atoms with van der Waals surface area (Å²) in [6.07, 6.45) is 4.65. The van der Waals surface area contributed by atoms with Crippen LogP contribution in [0.5, 0.6) is 11.5 Å². The lowest BCUT2D eigenvalue weighted by atomic mass is 10.1. The number of aryl methyl sites for hydroxylation is 2. The number of ether oxygens (including phenoxy) is 3. The van der Waals surface area contributed by atoms with Crippen molar-refractivity contribution in [1.82, 2.24) is 14.7 Å². The molecule has 0 radical (unpaired) electrons. The maximum absolute atomic E-state index is 13.1. The van der Waals surface area contributed by atoms with Gasteiger partial charge in [-0.2, -0.15) is 5.10 Å². The summed E-state index contributed by atoms with van der Waals surface area (Å²) in [7, 11) is 1.61. The smallest absolute Gasteiger partial charge is 0.274 e. The van der Waals surface area contributed by atoms with Crippen molar-refractivity contribution in [2.24, 2.45) is 0 Å². The average Bonchev–Trinajstić information content (AvgIpc) is 3.34. The number of morpholine rings is 1. The van der Waals surface area contributed by atoms with E-state index in [1.807, 2.05) is 56.3 Å². The highest BCUT2D eigenvalue weighted by Gasteiger charge is 2.25. The number of amides is 2. The van der Waals surface area contributed by atoms with E-state index in [0.29, 0.717) is 56.6 Å². The maximum Gasteiger partial charge on any atom is 0.274 e. The molecule has 9 heteroatoms. The zero-order valence-electron chi connectivity index (χ0n) is 21.4. The molecule has 1 aliphatic rings. The normalized spacial score (nSPS) is 13.5. The quantitative estimate of drug-likeness (QED) is 0.444. The Morgan fingerprint density at radius 3 is 2.59 bits per heavy atom. The molecule has 0 bridgehead atoms. The molecule has 1 aliphatic heterocycles. The van der Waals surface area contributed by atoms with Gasteiger partial charge in [0.2, 0.25) is 5.91 Å². The monoisotopic (exact) mass is 504 g/mol. The Labute approximate surface area is 216 Å². The van der Waals surface area contributed by atoms with Crippen molar-refractivity contribution < 1.29 is 23.8 Å². The standard InChI is InChI=1S/C28H32N4O5/c1-4-32-27(28(34)31-13-15-36-16-14-31)24(18-29-32)30-26(33)12-8-21-7-11-25(35-3)22(17-21)19-37-23-9-5-20(2)6-10-23/h5-12,17-18H,4,13-16,19H2,1-3H3,(H,30,33)/b12-8+. The van der Waals surface area contributed by atoms with Gasteiger partial charge >= 0.3 is 0 Å². The number of nitrogens with one attached hydrogen (secondary N) is 1. The van der Waals surface area contributed by atoms with Crippen LogP contribution >= 0.6 is 0 Å². The molecule has 1 saturated heterocycles. The summed E-state index contributed by atoms with van der Waals surface area (Å²) in [6.45, 7) is 6.77. The predicted molar refractivity (Wildman–Crippen MR) is 141 cm³/mol. The fourth-order valence-electron chi connectivity index (χ4n) is 4.02. The molecule has 0 atom stereocenters. The van der Waals surface area contributed by atoms with Crippen LogP contribution in [0, 0.1) is 6.92 Å². The van der Waals surface area contributed by atoms with Gasteiger partial charge in [-0.25, -0.2) is 0 Å². The minimum atomic E-state index is -0.361. The first-order chi connectivity index (χ1) is 18.0. The van der Waals surface area contributed by atoms with E-state index in [1.165, 1.54) is 12.3 Å². The Morgan fingerprint density at radius 2 is 1.89 bits per heavy atom. The van der Waals surface area contributed by atoms with Crippen LogP contribution in [-0.2, 0) is 22.7 Å². The van der Waals surface area contributed by atoms with E-state index >= 15 is 0 Å². The van der Waals surface area contributed by atoms with Crippen LogP contribution in [0.4, 0.5) is 5.69 Å². The second kappa shape index (κ2) is 12.2. The van der Waals surface area contributed by atoms with Gasteiger partial charge in [-0.1, -0.05) is 23.8 Å². The molecule has 0 aliphatic carbocycles. The second-order valence-corrected chi connectivity index (χ2v) is 8.62. The summed E-state index contributed by atoms with van der Waals surface area (Å²) in [6, 6.07) is 13.5. The lowest BCUT2D eigenvalue weighted by molar-refractivity contribution is -0.111. The first kappa shape index (κ1) is 26.0.